The summed E-state index contributed by atoms with van der Waals surface area (Å²) in [4.78, 5) is 1.87. The molecule has 2 nitrogen and oxygen atoms in total. The Morgan fingerprint density at radius 1 is 1.18 bits per heavy atom. The van der Waals surface area contributed by atoms with Crippen LogP contribution in [0.5, 0.6) is 5.75 Å². The molecular formula is C14H13NOS. The van der Waals surface area contributed by atoms with Gasteiger partial charge in [-0.25, -0.2) is 0 Å². The van der Waals surface area contributed by atoms with Gasteiger partial charge in [-0.15, -0.1) is 11.3 Å². The summed E-state index contributed by atoms with van der Waals surface area (Å²) in [5, 5.41) is 8.84. The van der Waals surface area contributed by atoms with Crippen molar-refractivity contribution >= 4 is 11.3 Å². The molecule has 0 atom stereocenters. The maximum atomic E-state index is 8.84. The molecule has 0 spiro atoms. The SMILES string of the molecule is COc1cc(C)c(-c2ccc(C#N)s2)cc1C. The number of hydrogen-bond donors (Lipinski definition) is 0. The highest BCUT2D eigenvalue weighted by Crippen LogP contribution is 2.34. The molecule has 2 rings (SSSR count). The second-order valence-corrected chi connectivity index (χ2v) is 5.00. The lowest BCUT2D eigenvalue weighted by atomic mass is 10.0. The van der Waals surface area contributed by atoms with Crippen LogP contribution in [0.2, 0.25) is 0 Å². The van der Waals surface area contributed by atoms with Crippen LogP contribution in [0.3, 0.4) is 0 Å². The first-order valence-electron chi connectivity index (χ1n) is 5.31. The zero-order valence-electron chi connectivity index (χ0n) is 10.1. The third-order valence-electron chi connectivity index (χ3n) is 2.72. The minimum absolute atomic E-state index is 0.743. The minimum atomic E-state index is 0.743. The number of rotatable bonds is 2. The monoisotopic (exact) mass is 243 g/mol. The standard InChI is InChI=1S/C14H13NOS/c1-9-7-13(16-3)10(2)6-12(9)14-5-4-11(8-15)17-14/h4-7H,1-3H3. The van der Waals surface area contributed by atoms with Crippen molar-refractivity contribution < 1.29 is 4.74 Å². The van der Waals surface area contributed by atoms with Crippen LogP contribution in [-0.2, 0) is 0 Å². The Morgan fingerprint density at radius 2 is 1.94 bits per heavy atom. The van der Waals surface area contributed by atoms with E-state index in [0.29, 0.717) is 0 Å². The van der Waals surface area contributed by atoms with E-state index in [2.05, 4.69) is 19.1 Å². The van der Waals surface area contributed by atoms with E-state index < -0.39 is 0 Å². The topological polar surface area (TPSA) is 33.0 Å². The minimum Gasteiger partial charge on any atom is -0.496 e. The molecule has 0 N–H and O–H groups in total. The van der Waals surface area contributed by atoms with Crippen LogP contribution in [0.1, 0.15) is 16.0 Å². The van der Waals surface area contributed by atoms with E-state index in [1.807, 2.05) is 25.1 Å². The summed E-state index contributed by atoms with van der Waals surface area (Å²) in [5.41, 5.74) is 3.45. The average Bonchev–Trinajstić information content (AvgIpc) is 2.80. The van der Waals surface area contributed by atoms with Gasteiger partial charge < -0.3 is 4.74 Å². The Balaban J connectivity index is 2.53. The van der Waals surface area contributed by atoms with Crippen molar-refractivity contribution in [2.45, 2.75) is 13.8 Å². The summed E-state index contributed by atoms with van der Waals surface area (Å²) in [7, 11) is 1.68. The van der Waals surface area contributed by atoms with Gasteiger partial charge in [-0.2, -0.15) is 5.26 Å². The molecule has 0 saturated carbocycles. The molecule has 0 aliphatic rings. The summed E-state index contributed by atoms with van der Waals surface area (Å²) in [6, 6.07) is 10.2. The van der Waals surface area contributed by atoms with E-state index in [1.165, 1.54) is 22.5 Å². The van der Waals surface area contributed by atoms with Crippen molar-refractivity contribution in [3.8, 4) is 22.3 Å². The van der Waals surface area contributed by atoms with Crippen molar-refractivity contribution in [2.24, 2.45) is 0 Å². The summed E-state index contributed by atoms with van der Waals surface area (Å²) < 4.78 is 5.29. The van der Waals surface area contributed by atoms with E-state index in [0.717, 1.165) is 21.1 Å². The van der Waals surface area contributed by atoms with Crippen LogP contribution in [0.4, 0.5) is 0 Å². The van der Waals surface area contributed by atoms with Gasteiger partial charge in [0.25, 0.3) is 0 Å². The van der Waals surface area contributed by atoms with Gasteiger partial charge in [-0.05, 0) is 54.8 Å². The maximum absolute atomic E-state index is 8.84. The highest BCUT2D eigenvalue weighted by Gasteiger charge is 2.09. The van der Waals surface area contributed by atoms with E-state index in [9.17, 15) is 0 Å². The van der Waals surface area contributed by atoms with Gasteiger partial charge in [0.2, 0.25) is 0 Å². The number of nitriles is 1. The number of ether oxygens (including phenoxy) is 1. The van der Waals surface area contributed by atoms with Gasteiger partial charge in [0.15, 0.2) is 0 Å². The molecule has 0 fully saturated rings. The molecule has 1 heterocycles. The van der Waals surface area contributed by atoms with Crippen LogP contribution in [0, 0.1) is 25.2 Å². The van der Waals surface area contributed by atoms with E-state index in [4.69, 9.17) is 10.00 Å². The zero-order chi connectivity index (χ0) is 12.4. The van der Waals surface area contributed by atoms with E-state index in [-0.39, 0.29) is 0 Å². The predicted molar refractivity (Wildman–Crippen MR) is 70.5 cm³/mol. The highest BCUT2D eigenvalue weighted by atomic mass is 32.1. The number of benzene rings is 1. The maximum Gasteiger partial charge on any atom is 0.122 e. The zero-order valence-corrected chi connectivity index (χ0v) is 10.9. The second kappa shape index (κ2) is 4.60. The molecule has 0 bridgehead atoms. The molecule has 17 heavy (non-hydrogen) atoms. The summed E-state index contributed by atoms with van der Waals surface area (Å²) in [5.74, 6) is 0.906. The first kappa shape index (κ1) is 11.7. The first-order valence-corrected chi connectivity index (χ1v) is 6.13. The number of hydrogen-bond acceptors (Lipinski definition) is 3. The molecule has 0 amide bonds. The lowest BCUT2D eigenvalue weighted by Gasteiger charge is -2.09. The first-order chi connectivity index (χ1) is 8.15. The quantitative estimate of drug-likeness (QED) is 0.801. The molecular weight excluding hydrogens is 230 g/mol. The molecule has 0 aliphatic carbocycles. The molecule has 0 radical (unpaired) electrons. The van der Waals surface area contributed by atoms with Crippen molar-refractivity contribution in [1.29, 1.82) is 5.26 Å². The van der Waals surface area contributed by atoms with Gasteiger partial charge in [-0.3, -0.25) is 0 Å². The fourth-order valence-electron chi connectivity index (χ4n) is 1.82. The van der Waals surface area contributed by atoms with Gasteiger partial charge >= 0.3 is 0 Å². The number of thiophene rings is 1. The van der Waals surface area contributed by atoms with Gasteiger partial charge in [0.1, 0.15) is 16.7 Å². The average molecular weight is 243 g/mol. The van der Waals surface area contributed by atoms with Crippen LogP contribution in [0.25, 0.3) is 10.4 Å². The smallest absolute Gasteiger partial charge is 0.122 e. The third kappa shape index (κ3) is 2.17. The second-order valence-electron chi connectivity index (χ2n) is 3.91. The molecule has 0 aliphatic heterocycles. The Kier molecular flexibility index (Phi) is 3.16. The van der Waals surface area contributed by atoms with Gasteiger partial charge in [0.05, 0.1) is 7.11 Å². The lowest BCUT2D eigenvalue weighted by molar-refractivity contribution is 0.411. The van der Waals surface area contributed by atoms with Gasteiger partial charge in [-0.1, -0.05) is 0 Å². The summed E-state index contributed by atoms with van der Waals surface area (Å²) >= 11 is 1.52. The third-order valence-corrected chi connectivity index (χ3v) is 3.75. The molecule has 3 heteroatoms. The van der Waals surface area contributed by atoms with Crippen LogP contribution < -0.4 is 4.74 Å². The summed E-state index contributed by atoms with van der Waals surface area (Å²) in [6.07, 6.45) is 0. The number of methoxy groups -OCH3 is 1. The number of aryl methyl sites for hydroxylation is 2. The largest absolute Gasteiger partial charge is 0.496 e. The predicted octanol–water partition coefficient (Wildman–Crippen LogP) is 3.91. The van der Waals surface area contributed by atoms with Crippen molar-refractivity contribution in [3.05, 3.63) is 40.3 Å². The fourth-order valence-corrected chi connectivity index (χ4v) is 2.70. The Hall–Kier alpha value is -1.79. The highest BCUT2D eigenvalue weighted by molar-refractivity contribution is 7.16. The molecule has 86 valence electrons. The molecule has 0 saturated heterocycles. The summed E-state index contributed by atoms with van der Waals surface area (Å²) in [6.45, 7) is 4.09. The normalized spacial score (nSPS) is 10.0. The Bertz CT molecular complexity index is 593. The molecule has 1 aromatic carbocycles. The molecule has 2 aromatic rings. The van der Waals surface area contributed by atoms with Crippen LogP contribution in [0.15, 0.2) is 24.3 Å². The van der Waals surface area contributed by atoms with Crippen LogP contribution >= 0.6 is 11.3 Å². The van der Waals surface area contributed by atoms with E-state index in [1.54, 1.807) is 7.11 Å². The molecule has 1 aromatic heterocycles. The van der Waals surface area contributed by atoms with E-state index >= 15 is 0 Å². The molecule has 0 unspecified atom stereocenters. The lowest BCUT2D eigenvalue weighted by Crippen LogP contribution is -1.90. The van der Waals surface area contributed by atoms with Crippen LogP contribution in [-0.4, -0.2) is 7.11 Å². The van der Waals surface area contributed by atoms with Crippen molar-refractivity contribution in [3.63, 3.8) is 0 Å². The Morgan fingerprint density at radius 3 is 2.53 bits per heavy atom. The van der Waals surface area contributed by atoms with Crippen molar-refractivity contribution in [1.82, 2.24) is 0 Å². The Labute approximate surface area is 105 Å². The fraction of sp³-hybridized carbons (Fsp3) is 0.214. The number of nitrogens with zero attached hydrogens (tertiary/aromatic N) is 1. The van der Waals surface area contributed by atoms with Crippen molar-refractivity contribution in [2.75, 3.05) is 7.11 Å². The van der Waals surface area contributed by atoms with Gasteiger partial charge in [0, 0.05) is 4.88 Å².